The van der Waals surface area contributed by atoms with Gasteiger partial charge in [-0.3, -0.25) is 4.79 Å². The predicted octanol–water partition coefficient (Wildman–Crippen LogP) is 1.79. The van der Waals surface area contributed by atoms with Gasteiger partial charge in [0.15, 0.2) is 5.78 Å². The zero-order valence-corrected chi connectivity index (χ0v) is 5.58. The minimum Gasteiger partial charge on any atom is -0.289 e. The van der Waals surface area contributed by atoms with Gasteiger partial charge in [-0.05, 0) is 6.08 Å². The molecule has 1 heteroatoms. The molecule has 0 aliphatic heterocycles. The Morgan fingerprint density at radius 2 is 2.00 bits per heavy atom. The Labute approximate surface area is 60.1 Å². The molecule has 0 amide bonds. The molecule has 0 radical (unpaired) electrons. The summed E-state index contributed by atoms with van der Waals surface area (Å²) in [6, 6.07) is 0. The van der Waals surface area contributed by atoms with Crippen LogP contribution in [0.3, 0.4) is 0 Å². The Kier molecular flexibility index (Phi) is 2.00. The molecule has 50 valence electrons. The highest BCUT2D eigenvalue weighted by Crippen LogP contribution is 2.05. The molecular weight excluding hydrogens is 124 g/mol. The minimum absolute atomic E-state index is 0.0439. The normalized spacial score (nSPS) is 20.0. The van der Waals surface area contributed by atoms with Crippen molar-refractivity contribution in [2.24, 2.45) is 0 Å². The van der Waals surface area contributed by atoms with Crippen LogP contribution in [0.5, 0.6) is 0 Å². The van der Waals surface area contributed by atoms with Gasteiger partial charge < -0.3 is 0 Å². The quantitative estimate of drug-likeness (QED) is 0.497. The monoisotopic (exact) mass is 132 g/mol. The fraction of sp³-hybridized carbons (Fsp3) is 0. The van der Waals surface area contributed by atoms with E-state index in [4.69, 9.17) is 0 Å². The zero-order chi connectivity index (χ0) is 7.40. The molecule has 0 fully saturated rings. The molecule has 0 saturated carbocycles. The van der Waals surface area contributed by atoms with Crippen molar-refractivity contribution in [2.45, 2.75) is 0 Å². The lowest BCUT2D eigenvalue weighted by Gasteiger charge is -1.97. The molecule has 1 rings (SSSR count). The number of allylic oxidation sites excluding steroid dienone is 7. The van der Waals surface area contributed by atoms with Gasteiger partial charge in [-0.25, -0.2) is 0 Å². The highest BCUT2D eigenvalue weighted by Gasteiger charge is 2.02. The third kappa shape index (κ3) is 1.32. The van der Waals surface area contributed by atoms with Gasteiger partial charge in [-0.1, -0.05) is 37.0 Å². The van der Waals surface area contributed by atoms with Gasteiger partial charge >= 0.3 is 0 Å². The number of hydrogen-bond donors (Lipinski definition) is 0. The fourth-order valence-corrected chi connectivity index (χ4v) is 0.745. The van der Waals surface area contributed by atoms with Gasteiger partial charge in [0, 0.05) is 5.57 Å². The summed E-state index contributed by atoms with van der Waals surface area (Å²) < 4.78 is 0. The van der Waals surface area contributed by atoms with Crippen molar-refractivity contribution in [1.82, 2.24) is 0 Å². The first-order chi connectivity index (χ1) is 4.84. The molecular formula is C9H8O. The maximum atomic E-state index is 10.9. The topological polar surface area (TPSA) is 17.1 Å². The van der Waals surface area contributed by atoms with E-state index in [0.717, 1.165) is 0 Å². The van der Waals surface area contributed by atoms with E-state index in [1.165, 1.54) is 6.08 Å². The second-order valence-electron chi connectivity index (χ2n) is 1.94. The first kappa shape index (κ1) is 6.75. The predicted molar refractivity (Wildman–Crippen MR) is 41.6 cm³/mol. The zero-order valence-electron chi connectivity index (χ0n) is 5.58. The summed E-state index contributed by atoms with van der Waals surface area (Å²) in [5.74, 6) is 0.0439. The van der Waals surface area contributed by atoms with E-state index in [2.05, 4.69) is 6.58 Å². The van der Waals surface area contributed by atoms with E-state index < -0.39 is 0 Å². The number of hydrogen-bond acceptors (Lipinski definition) is 1. The minimum atomic E-state index is 0.0439. The SMILES string of the molecule is C=C/C=C1\C=CC=CC1=O. The molecule has 0 spiro atoms. The van der Waals surface area contributed by atoms with Crippen LogP contribution in [0.25, 0.3) is 0 Å². The van der Waals surface area contributed by atoms with Crippen LogP contribution in [0.4, 0.5) is 0 Å². The summed E-state index contributed by atoms with van der Waals surface area (Å²) in [6.45, 7) is 3.50. The molecule has 0 N–H and O–H groups in total. The van der Waals surface area contributed by atoms with Crippen molar-refractivity contribution in [1.29, 1.82) is 0 Å². The number of carbonyl (C=O) groups is 1. The standard InChI is InChI=1S/C9H8O/c1-2-5-8-6-3-4-7-9(8)10/h2-7H,1H2/b8-5+. The number of rotatable bonds is 1. The van der Waals surface area contributed by atoms with Crippen LogP contribution >= 0.6 is 0 Å². The lowest BCUT2D eigenvalue weighted by molar-refractivity contribution is -0.111. The fourth-order valence-electron chi connectivity index (χ4n) is 0.745. The first-order valence-electron chi connectivity index (χ1n) is 3.06. The third-order valence-electron chi connectivity index (χ3n) is 1.22. The van der Waals surface area contributed by atoms with Crippen LogP contribution in [0.1, 0.15) is 0 Å². The van der Waals surface area contributed by atoms with E-state index in [9.17, 15) is 4.79 Å². The molecule has 0 aromatic rings. The van der Waals surface area contributed by atoms with E-state index in [0.29, 0.717) is 5.57 Å². The van der Waals surface area contributed by atoms with Gasteiger partial charge in [0.2, 0.25) is 0 Å². The van der Waals surface area contributed by atoms with Crippen LogP contribution in [-0.4, -0.2) is 5.78 Å². The van der Waals surface area contributed by atoms with Crippen LogP contribution in [-0.2, 0) is 4.79 Å². The molecule has 0 aromatic carbocycles. The first-order valence-corrected chi connectivity index (χ1v) is 3.06. The molecule has 0 atom stereocenters. The summed E-state index contributed by atoms with van der Waals surface area (Å²) >= 11 is 0. The van der Waals surface area contributed by atoms with Crippen molar-refractivity contribution in [3.8, 4) is 0 Å². The second-order valence-corrected chi connectivity index (χ2v) is 1.94. The molecule has 1 nitrogen and oxygen atoms in total. The summed E-state index contributed by atoms with van der Waals surface area (Å²) in [7, 11) is 0. The highest BCUT2D eigenvalue weighted by molar-refractivity contribution is 6.07. The van der Waals surface area contributed by atoms with Crippen molar-refractivity contribution >= 4 is 5.78 Å². The van der Waals surface area contributed by atoms with E-state index in [1.54, 1.807) is 24.3 Å². The number of ketones is 1. The maximum absolute atomic E-state index is 10.9. The summed E-state index contributed by atoms with van der Waals surface area (Å²) in [5.41, 5.74) is 0.692. The Balaban J connectivity index is 2.90. The van der Waals surface area contributed by atoms with E-state index in [-0.39, 0.29) is 5.78 Å². The molecule has 0 heterocycles. The number of carbonyl (C=O) groups excluding carboxylic acids is 1. The lowest BCUT2D eigenvalue weighted by atomic mass is 10.1. The van der Waals surface area contributed by atoms with E-state index >= 15 is 0 Å². The van der Waals surface area contributed by atoms with Crippen molar-refractivity contribution in [2.75, 3.05) is 0 Å². The molecule has 10 heavy (non-hydrogen) atoms. The van der Waals surface area contributed by atoms with Crippen LogP contribution < -0.4 is 0 Å². The van der Waals surface area contributed by atoms with Crippen molar-refractivity contribution in [3.63, 3.8) is 0 Å². The summed E-state index contributed by atoms with van der Waals surface area (Å²) in [6.07, 6.45) is 10.2. The molecule has 0 aromatic heterocycles. The van der Waals surface area contributed by atoms with Gasteiger partial charge in [0.25, 0.3) is 0 Å². The van der Waals surface area contributed by atoms with Gasteiger partial charge in [0.05, 0.1) is 0 Å². The molecule has 0 saturated heterocycles. The van der Waals surface area contributed by atoms with Crippen molar-refractivity contribution in [3.05, 3.63) is 48.6 Å². The Morgan fingerprint density at radius 1 is 1.30 bits per heavy atom. The van der Waals surface area contributed by atoms with Gasteiger partial charge in [-0.15, -0.1) is 0 Å². The van der Waals surface area contributed by atoms with Crippen LogP contribution in [0, 0.1) is 0 Å². The van der Waals surface area contributed by atoms with Gasteiger partial charge in [0.1, 0.15) is 0 Å². The third-order valence-corrected chi connectivity index (χ3v) is 1.22. The Morgan fingerprint density at radius 3 is 2.60 bits per heavy atom. The smallest absolute Gasteiger partial charge is 0.185 e. The molecule has 0 bridgehead atoms. The molecule has 1 aliphatic carbocycles. The Bertz CT molecular complexity index is 241. The van der Waals surface area contributed by atoms with Crippen LogP contribution in [0.2, 0.25) is 0 Å². The van der Waals surface area contributed by atoms with E-state index in [1.807, 2.05) is 6.08 Å². The Hall–Kier alpha value is -1.37. The van der Waals surface area contributed by atoms with Crippen molar-refractivity contribution < 1.29 is 4.79 Å². The lowest BCUT2D eigenvalue weighted by Crippen LogP contribution is -1.97. The van der Waals surface area contributed by atoms with Crippen LogP contribution in [0.15, 0.2) is 48.6 Å². The summed E-state index contributed by atoms with van der Waals surface area (Å²) in [4.78, 5) is 10.9. The van der Waals surface area contributed by atoms with Gasteiger partial charge in [-0.2, -0.15) is 0 Å². The highest BCUT2D eigenvalue weighted by atomic mass is 16.1. The average Bonchev–Trinajstić information content (AvgIpc) is 1.94. The largest absolute Gasteiger partial charge is 0.289 e. The second kappa shape index (κ2) is 2.97. The average molecular weight is 132 g/mol. The molecule has 0 unspecified atom stereocenters. The summed E-state index contributed by atoms with van der Waals surface area (Å²) in [5, 5.41) is 0. The molecule has 1 aliphatic rings. The maximum Gasteiger partial charge on any atom is 0.185 e.